The minimum absolute atomic E-state index is 0.0222. The predicted octanol–water partition coefficient (Wildman–Crippen LogP) is 6.34. The third kappa shape index (κ3) is 7.06. The highest BCUT2D eigenvalue weighted by atomic mass is 35.5. The zero-order chi connectivity index (χ0) is 32.8. The summed E-state index contributed by atoms with van der Waals surface area (Å²) in [6.45, 7) is 2.69. The Labute approximate surface area is 260 Å². The van der Waals surface area contributed by atoms with Gasteiger partial charge in [0.05, 0.1) is 22.0 Å². The lowest BCUT2D eigenvalue weighted by Crippen LogP contribution is -2.34. The van der Waals surface area contributed by atoms with Crippen molar-refractivity contribution in [2.45, 2.75) is 51.6 Å². The summed E-state index contributed by atoms with van der Waals surface area (Å²) in [5.41, 5.74) is -4.30. The molecule has 45 heavy (non-hydrogen) atoms. The zero-order valence-corrected chi connectivity index (χ0v) is 24.8. The van der Waals surface area contributed by atoms with E-state index in [0.29, 0.717) is 11.5 Å². The molecule has 1 aliphatic rings. The lowest BCUT2D eigenvalue weighted by molar-refractivity contribution is -0.165. The van der Waals surface area contributed by atoms with E-state index < -0.39 is 42.1 Å². The molecule has 5 rings (SSSR count). The summed E-state index contributed by atoms with van der Waals surface area (Å²) in [5, 5.41) is 16.0. The van der Waals surface area contributed by atoms with Gasteiger partial charge in [0, 0.05) is 17.3 Å². The number of carbonyl (C=O) groups excluding carboxylic acids is 2. The molecule has 0 radical (unpaired) electrons. The van der Waals surface area contributed by atoms with Crippen molar-refractivity contribution >= 4 is 40.7 Å². The summed E-state index contributed by atoms with van der Waals surface area (Å²) >= 11 is 12.5. The number of hydrogen-bond donors (Lipinski definition) is 2. The van der Waals surface area contributed by atoms with Gasteiger partial charge in [0.1, 0.15) is 12.2 Å². The lowest BCUT2D eigenvalue weighted by atomic mass is 10.1. The normalized spacial score (nSPS) is 14.4. The van der Waals surface area contributed by atoms with Crippen molar-refractivity contribution in [3.63, 3.8) is 0 Å². The van der Waals surface area contributed by atoms with Crippen LogP contribution in [-0.4, -0.2) is 47.6 Å². The zero-order valence-electron chi connectivity index (χ0n) is 23.3. The topological polar surface area (TPSA) is 120 Å². The molecule has 0 spiro atoms. The first-order chi connectivity index (χ1) is 21.0. The van der Waals surface area contributed by atoms with Crippen LogP contribution in [0, 0.1) is 12.8 Å². The number of aryl methyl sites for hydroxylation is 1. The van der Waals surface area contributed by atoms with Crippen molar-refractivity contribution in [3.05, 3.63) is 80.5 Å². The highest BCUT2D eigenvalue weighted by Crippen LogP contribution is 2.38. The molecule has 10 nitrogen and oxygen atoms in total. The fraction of sp³-hybridized carbons (Fsp3) is 0.333. The maximum Gasteiger partial charge on any atom is 0.437 e. The van der Waals surface area contributed by atoms with Gasteiger partial charge < -0.3 is 10.6 Å². The lowest BCUT2D eigenvalue weighted by Gasteiger charge is -2.18. The molecule has 1 saturated carbocycles. The van der Waals surface area contributed by atoms with Gasteiger partial charge in [0.15, 0.2) is 17.2 Å². The number of aromatic nitrogens is 6. The number of anilines is 1. The molecule has 0 aliphatic heterocycles. The summed E-state index contributed by atoms with van der Waals surface area (Å²) in [5.74, 6) is -1.07. The third-order valence-corrected chi connectivity index (χ3v) is 7.41. The van der Waals surface area contributed by atoms with Gasteiger partial charge in [-0.15, -0.1) is 10.2 Å². The molecule has 2 N–H and O–H groups in total. The Morgan fingerprint density at radius 3 is 2.22 bits per heavy atom. The number of alkyl halides is 6. The van der Waals surface area contributed by atoms with Gasteiger partial charge in [-0.25, -0.2) is 9.67 Å². The van der Waals surface area contributed by atoms with Crippen LogP contribution >= 0.6 is 23.2 Å². The van der Waals surface area contributed by atoms with Gasteiger partial charge in [0.2, 0.25) is 0 Å². The van der Waals surface area contributed by atoms with Crippen LogP contribution in [0.3, 0.4) is 0 Å². The first kappa shape index (κ1) is 32.2. The molecule has 3 heterocycles. The second kappa shape index (κ2) is 12.0. The number of amides is 2. The molecule has 4 aromatic rings. The van der Waals surface area contributed by atoms with Crippen LogP contribution in [0.1, 0.15) is 63.3 Å². The Morgan fingerprint density at radius 1 is 1.00 bits per heavy atom. The Balaban J connectivity index is 1.53. The van der Waals surface area contributed by atoms with Crippen molar-refractivity contribution in [3.8, 4) is 5.82 Å². The van der Waals surface area contributed by atoms with Crippen LogP contribution in [0.2, 0.25) is 10.0 Å². The molecule has 1 fully saturated rings. The fourth-order valence-electron chi connectivity index (χ4n) is 4.57. The third-order valence-electron chi connectivity index (χ3n) is 6.90. The number of carbonyl (C=O) groups is 2. The largest absolute Gasteiger partial charge is 0.437 e. The predicted molar refractivity (Wildman–Crippen MR) is 149 cm³/mol. The molecule has 1 atom stereocenters. The Hall–Kier alpha value is -4.18. The number of benzene rings is 1. The van der Waals surface area contributed by atoms with Crippen molar-refractivity contribution in [2.24, 2.45) is 5.92 Å². The smallest absolute Gasteiger partial charge is 0.349 e. The summed E-state index contributed by atoms with van der Waals surface area (Å²) in [4.78, 5) is 31.2. The average Bonchev–Trinajstić information content (AvgIpc) is 3.56. The summed E-state index contributed by atoms with van der Waals surface area (Å²) < 4.78 is 80.7. The van der Waals surface area contributed by atoms with E-state index >= 15 is 0 Å². The van der Waals surface area contributed by atoms with Gasteiger partial charge in [-0.1, -0.05) is 23.2 Å². The maximum atomic E-state index is 13.7. The molecule has 0 bridgehead atoms. The SMILES string of the molecule is Cc1cc(Cl)cc(C(=O)NC(C)C2CC2)c1NC(=O)c1cc(Cn2nc(C(F)(F)F)c(C(F)(F)F)n2)nn1-c1ncccc1Cl. The van der Waals surface area contributed by atoms with E-state index in [1.807, 2.05) is 6.92 Å². The second-order valence-corrected chi connectivity index (χ2v) is 11.2. The van der Waals surface area contributed by atoms with Crippen molar-refractivity contribution in [1.29, 1.82) is 0 Å². The van der Waals surface area contributed by atoms with Crippen molar-refractivity contribution in [1.82, 2.24) is 35.1 Å². The minimum atomic E-state index is -5.44. The van der Waals surface area contributed by atoms with Crippen LogP contribution in [-0.2, 0) is 18.9 Å². The molecule has 0 saturated heterocycles. The molecule has 1 aromatic carbocycles. The van der Waals surface area contributed by atoms with E-state index in [2.05, 4.69) is 30.9 Å². The standard InChI is InChI=1S/C27H22Cl2F6N8O2/c1-12-8-15(28)9-17(24(44)37-13(2)14-5-6-14)20(12)38-25(45)19-10-16(39-43(19)23-18(29)4-3-7-36-23)11-42-40-21(26(30,31)32)22(41-42)27(33,34)35/h3-4,7-10,13-14H,5-6,11H2,1-2H3,(H,37,44)(H,38,45). The number of nitrogens with zero attached hydrogens (tertiary/aromatic N) is 6. The second-order valence-electron chi connectivity index (χ2n) is 10.4. The molecule has 2 amide bonds. The maximum absolute atomic E-state index is 13.7. The van der Waals surface area contributed by atoms with Gasteiger partial charge in [0.25, 0.3) is 11.8 Å². The molecule has 1 aliphatic carbocycles. The quantitative estimate of drug-likeness (QED) is 0.211. The van der Waals surface area contributed by atoms with Crippen molar-refractivity contribution in [2.75, 3.05) is 5.32 Å². The number of nitrogens with one attached hydrogen (secondary N) is 2. The molecule has 18 heteroatoms. The average molecular weight is 675 g/mol. The van der Waals surface area contributed by atoms with E-state index in [9.17, 15) is 35.9 Å². The number of hydrogen-bond acceptors (Lipinski definition) is 6. The van der Waals surface area contributed by atoms with Crippen LogP contribution in [0.25, 0.3) is 5.82 Å². The Bertz CT molecular complexity index is 1750. The monoisotopic (exact) mass is 674 g/mol. The van der Waals surface area contributed by atoms with Crippen LogP contribution < -0.4 is 10.6 Å². The van der Waals surface area contributed by atoms with Crippen LogP contribution in [0.5, 0.6) is 0 Å². The molecule has 1 unspecified atom stereocenters. The Kier molecular flexibility index (Phi) is 8.57. The van der Waals surface area contributed by atoms with E-state index in [1.165, 1.54) is 30.5 Å². The summed E-state index contributed by atoms with van der Waals surface area (Å²) in [7, 11) is 0. The van der Waals surface area contributed by atoms with Gasteiger partial charge in [-0.05, 0) is 68.5 Å². The summed E-state index contributed by atoms with van der Waals surface area (Å²) in [6, 6.07) is 6.81. The van der Waals surface area contributed by atoms with Crippen LogP contribution in [0.4, 0.5) is 32.0 Å². The van der Waals surface area contributed by atoms with Gasteiger partial charge >= 0.3 is 12.4 Å². The molecular weight excluding hydrogens is 653 g/mol. The van der Waals surface area contributed by atoms with Crippen molar-refractivity contribution < 1.29 is 35.9 Å². The molecule has 3 aromatic heterocycles. The highest BCUT2D eigenvalue weighted by molar-refractivity contribution is 6.32. The number of halogens is 8. The van der Waals surface area contributed by atoms with E-state index in [4.69, 9.17) is 23.2 Å². The van der Waals surface area contributed by atoms with Gasteiger partial charge in [-0.3, -0.25) is 9.59 Å². The molecule has 238 valence electrons. The first-order valence-electron chi connectivity index (χ1n) is 13.2. The fourth-order valence-corrected chi connectivity index (χ4v) is 5.05. The summed E-state index contributed by atoms with van der Waals surface area (Å²) in [6.07, 6.45) is -7.59. The van der Waals surface area contributed by atoms with Crippen LogP contribution in [0.15, 0.2) is 36.5 Å². The minimum Gasteiger partial charge on any atom is -0.349 e. The van der Waals surface area contributed by atoms with E-state index in [-0.39, 0.29) is 49.3 Å². The van der Waals surface area contributed by atoms with E-state index in [0.717, 1.165) is 23.6 Å². The number of rotatable bonds is 8. The van der Waals surface area contributed by atoms with Gasteiger partial charge in [-0.2, -0.15) is 36.2 Å². The first-order valence-corrected chi connectivity index (χ1v) is 14.0. The Morgan fingerprint density at radius 2 is 1.64 bits per heavy atom. The number of pyridine rings is 1. The molecular formula is C27H22Cl2F6N8O2. The highest BCUT2D eigenvalue weighted by Gasteiger charge is 2.48. The van der Waals surface area contributed by atoms with E-state index in [1.54, 1.807) is 6.92 Å².